The summed E-state index contributed by atoms with van der Waals surface area (Å²) in [6, 6.07) is 6.90. The molecule has 20 heavy (non-hydrogen) atoms. The molecule has 2 unspecified atom stereocenters. The van der Waals surface area contributed by atoms with Gasteiger partial charge >= 0.3 is 0 Å². The van der Waals surface area contributed by atoms with E-state index in [9.17, 15) is 10.1 Å². The number of hydrogen-bond acceptors (Lipinski definition) is 4. The minimum Gasteiger partial charge on any atom is -0.375 e. The van der Waals surface area contributed by atoms with Crippen molar-refractivity contribution in [2.75, 3.05) is 11.9 Å². The molecule has 1 aliphatic carbocycles. The van der Waals surface area contributed by atoms with Crippen LogP contribution in [-0.4, -0.2) is 34.5 Å². The molecule has 1 saturated carbocycles. The highest BCUT2D eigenvalue weighted by atomic mass is 16.6. The average Bonchev–Trinajstić information content (AvgIpc) is 3.14. The minimum absolute atomic E-state index is 0.174. The smallest absolute Gasteiger partial charge is 0.292 e. The van der Waals surface area contributed by atoms with Gasteiger partial charge in [0.25, 0.3) is 5.69 Å². The molecule has 2 aliphatic rings. The largest absolute Gasteiger partial charge is 0.375 e. The Labute approximate surface area is 119 Å². The number of aryl methyl sites for hydroxylation is 1. The van der Waals surface area contributed by atoms with Crippen LogP contribution in [0.1, 0.15) is 31.7 Å². The maximum Gasteiger partial charge on any atom is 0.292 e. The van der Waals surface area contributed by atoms with E-state index in [1.165, 1.54) is 12.8 Å². The van der Waals surface area contributed by atoms with Crippen molar-refractivity contribution >= 4 is 11.4 Å². The standard InChI is InChI=1S/C15H21N3O2/c1-10-3-6-15(18(19)20)14(7-10)16-12-8-11(2)17(9-12)13-4-5-13/h3,6-7,11-13,16H,4-5,8-9H2,1-2H3. The summed E-state index contributed by atoms with van der Waals surface area (Å²) in [5.74, 6) is 0. The van der Waals surface area contributed by atoms with Gasteiger partial charge in [0.2, 0.25) is 0 Å². The predicted molar refractivity (Wildman–Crippen MR) is 79.1 cm³/mol. The molecule has 3 rings (SSSR count). The normalized spacial score (nSPS) is 26.7. The highest BCUT2D eigenvalue weighted by Crippen LogP contribution is 2.35. The number of nitrogens with zero attached hydrogens (tertiary/aromatic N) is 2. The summed E-state index contributed by atoms with van der Waals surface area (Å²) in [7, 11) is 0. The Morgan fingerprint density at radius 3 is 2.80 bits per heavy atom. The van der Waals surface area contributed by atoms with Gasteiger partial charge in [0.1, 0.15) is 5.69 Å². The Morgan fingerprint density at radius 2 is 2.15 bits per heavy atom. The molecule has 1 N–H and O–H groups in total. The summed E-state index contributed by atoms with van der Waals surface area (Å²) < 4.78 is 0. The van der Waals surface area contributed by atoms with Crippen molar-refractivity contribution in [3.05, 3.63) is 33.9 Å². The third kappa shape index (κ3) is 2.63. The van der Waals surface area contributed by atoms with Gasteiger partial charge in [0, 0.05) is 30.7 Å². The molecular weight excluding hydrogens is 254 g/mol. The number of nitrogens with one attached hydrogen (secondary N) is 1. The summed E-state index contributed by atoms with van der Waals surface area (Å²) in [6.45, 7) is 5.21. The quantitative estimate of drug-likeness (QED) is 0.678. The molecule has 1 aromatic rings. The SMILES string of the molecule is Cc1ccc([N+](=O)[O-])c(NC2CC(C)N(C3CC3)C2)c1. The van der Waals surface area contributed by atoms with Crippen LogP contribution in [-0.2, 0) is 0 Å². The molecular formula is C15H21N3O2. The third-order valence-electron chi connectivity index (χ3n) is 4.35. The summed E-state index contributed by atoms with van der Waals surface area (Å²) in [6.07, 6.45) is 3.67. The second kappa shape index (κ2) is 5.05. The molecule has 0 spiro atoms. The predicted octanol–water partition coefficient (Wildman–Crippen LogP) is 2.94. The third-order valence-corrected chi connectivity index (χ3v) is 4.35. The van der Waals surface area contributed by atoms with E-state index in [0.717, 1.165) is 24.6 Å². The van der Waals surface area contributed by atoms with Gasteiger partial charge in [-0.3, -0.25) is 15.0 Å². The molecule has 1 aromatic carbocycles. The van der Waals surface area contributed by atoms with Crippen LogP contribution in [0, 0.1) is 17.0 Å². The first kappa shape index (κ1) is 13.4. The summed E-state index contributed by atoms with van der Waals surface area (Å²) in [4.78, 5) is 13.3. The van der Waals surface area contributed by atoms with Crippen molar-refractivity contribution in [1.82, 2.24) is 4.90 Å². The van der Waals surface area contributed by atoms with E-state index in [0.29, 0.717) is 17.8 Å². The van der Waals surface area contributed by atoms with Crippen LogP contribution in [0.3, 0.4) is 0 Å². The van der Waals surface area contributed by atoms with Gasteiger partial charge in [-0.2, -0.15) is 0 Å². The first-order chi connectivity index (χ1) is 9.54. The highest BCUT2D eigenvalue weighted by molar-refractivity contribution is 5.63. The number of nitro benzene ring substituents is 1. The molecule has 5 nitrogen and oxygen atoms in total. The van der Waals surface area contributed by atoms with Crippen molar-refractivity contribution < 1.29 is 4.92 Å². The molecule has 1 aliphatic heterocycles. The monoisotopic (exact) mass is 275 g/mol. The first-order valence-corrected chi connectivity index (χ1v) is 7.32. The fraction of sp³-hybridized carbons (Fsp3) is 0.600. The topological polar surface area (TPSA) is 58.4 Å². The number of rotatable bonds is 4. The van der Waals surface area contributed by atoms with E-state index in [1.54, 1.807) is 12.1 Å². The minimum atomic E-state index is -0.307. The van der Waals surface area contributed by atoms with Gasteiger partial charge in [-0.05, 0) is 44.7 Å². The van der Waals surface area contributed by atoms with Crippen LogP contribution in [0.5, 0.6) is 0 Å². The van der Waals surface area contributed by atoms with Crippen molar-refractivity contribution in [2.45, 2.75) is 51.2 Å². The molecule has 5 heteroatoms. The lowest BCUT2D eigenvalue weighted by atomic mass is 10.1. The zero-order valence-electron chi connectivity index (χ0n) is 12.0. The molecule has 0 bridgehead atoms. The molecule has 0 amide bonds. The maximum atomic E-state index is 11.1. The highest BCUT2D eigenvalue weighted by Gasteiger charge is 2.39. The lowest BCUT2D eigenvalue weighted by molar-refractivity contribution is -0.384. The fourth-order valence-electron chi connectivity index (χ4n) is 3.22. The number of likely N-dealkylation sites (tertiary alicyclic amines) is 1. The van der Waals surface area contributed by atoms with Gasteiger partial charge in [-0.25, -0.2) is 0 Å². The van der Waals surface area contributed by atoms with Crippen LogP contribution in [0.25, 0.3) is 0 Å². The molecule has 2 atom stereocenters. The van der Waals surface area contributed by atoms with Crippen LogP contribution >= 0.6 is 0 Å². The number of benzene rings is 1. The lowest BCUT2D eigenvalue weighted by Gasteiger charge is -2.20. The average molecular weight is 275 g/mol. The van der Waals surface area contributed by atoms with E-state index >= 15 is 0 Å². The molecule has 2 fully saturated rings. The summed E-state index contributed by atoms with van der Waals surface area (Å²) in [5, 5.41) is 14.5. The van der Waals surface area contributed by atoms with E-state index < -0.39 is 0 Å². The lowest BCUT2D eigenvalue weighted by Crippen LogP contribution is -2.31. The molecule has 1 saturated heterocycles. The molecule has 1 heterocycles. The van der Waals surface area contributed by atoms with Gasteiger partial charge in [0.05, 0.1) is 4.92 Å². The van der Waals surface area contributed by atoms with Gasteiger partial charge in [0.15, 0.2) is 0 Å². The summed E-state index contributed by atoms with van der Waals surface area (Å²) in [5.41, 5.74) is 1.88. The van der Waals surface area contributed by atoms with Gasteiger partial charge in [-0.15, -0.1) is 0 Å². The second-order valence-electron chi connectivity index (χ2n) is 6.13. The Bertz CT molecular complexity index is 528. The number of hydrogen-bond donors (Lipinski definition) is 1. The number of anilines is 1. The number of nitro groups is 1. The van der Waals surface area contributed by atoms with Crippen LogP contribution in [0.2, 0.25) is 0 Å². The van der Waals surface area contributed by atoms with Crippen molar-refractivity contribution in [3.63, 3.8) is 0 Å². The van der Waals surface area contributed by atoms with Crippen LogP contribution in [0.15, 0.2) is 18.2 Å². The van der Waals surface area contributed by atoms with Crippen molar-refractivity contribution in [3.8, 4) is 0 Å². The first-order valence-electron chi connectivity index (χ1n) is 7.32. The van der Waals surface area contributed by atoms with Gasteiger partial charge < -0.3 is 5.32 Å². The fourth-order valence-corrected chi connectivity index (χ4v) is 3.22. The Hall–Kier alpha value is -1.62. The summed E-state index contributed by atoms with van der Waals surface area (Å²) >= 11 is 0. The Morgan fingerprint density at radius 1 is 1.40 bits per heavy atom. The Kier molecular flexibility index (Phi) is 3.38. The second-order valence-corrected chi connectivity index (χ2v) is 6.13. The van der Waals surface area contributed by atoms with Crippen LogP contribution in [0.4, 0.5) is 11.4 Å². The molecule has 0 radical (unpaired) electrons. The van der Waals surface area contributed by atoms with Crippen LogP contribution < -0.4 is 5.32 Å². The van der Waals surface area contributed by atoms with E-state index in [-0.39, 0.29) is 10.6 Å². The maximum absolute atomic E-state index is 11.1. The van der Waals surface area contributed by atoms with Crippen molar-refractivity contribution in [1.29, 1.82) is 0 Å². The Balaban J connectivity index is 1.74. The zero-order chi connectivity index (χ0) is 14.3. The molecule has 0 aromatic heterocycles. The molecule has 108 valence electrons. The van der Waals surface area contributed by atoms with Crippen molar-refractivity contribution in [2.24, 2.45) is 0 Å². The van der Waals surface area contributed by atoms with E-state index in [2.05, 4.69) is 17.1 Å². The zero-order valence-corrected chi connectivity index (χ0v) is 12.0. The van der Waals surface area contributed by atoms with Gasteiger partial charge in [-0.1, -0.05) is 6.07 Å². The van der Waals surface area contributed by atoms with E-state index in [4.69, 9.17) is 0 Å². The van der Waals surface area contributed by atoms with E-state index in [1.807, 2.05) is 13.0 Å².